The van der Waals surface area contributed by atoms with Gasteiger partial charge in [0.2, 0.25) is 0 Å². The van der Waals surface area contributed by atoms with Crippen molar-refractivity contribution >= 4 is 34.9 Å². The predicted octanol–water partition coefficient (Wildman–Crippen LogP) is 5.27. The van der Waals surface area contributed by atoms with Crippen molar-refractivity contribution in [1.82, 2.24) is 5.32 Å². The van der Waals surface area contributed by atoms with E-state index in [4.69, 9.17) is 27.9 Å². The Kier molecular flexibility index (Phi) is 5.17. The number of carbonyl (C=O) groups is 1. The fourth-order valence-corrected chi connectivity index (χ4v) is 3.06. The Hall–Kier alpha value is -1.91. The number of nitrogens with one attached hydrogen (secondary N) is 2. The Morgan fingerprint density at radius 2 is 1.88 bits per heavy atom. The summed E-state index contributed by atoms with van der Waals surface area (Å²) in [6.45, 7) is 0. The summed E-state index contributed by atoms with van der Waals surface area (Å²) in [5.74, 6) is 1.26. The molecule has 2 aromatic carbocycles. The van der Waals surface area contributed by atoms with Crippen LogP contribution in [-0.4, -0.2) is 13.1 Å². The summed E-state index contributed by atoms with van der Waals surface area (Å²) in [4.78, 5) is 12.4. The van der Waals surface area contributed by atoms with Gasteiger partial charge in [-0.05, 0) is 54.7 Å². The average molecular weight is 365 g/mol. The molecule has 0 heterocycles. The molecule has 0 radical (unpaired) electrons. The molecule has 6 heteroatoms. The lowest BCUT2D eigenvalue weighted by Crippen LogP contribution is -2.33. The number of carbonyl (C=O) groups excluding carboxylic acids is 1. The molecule has 3 rings (SSSR count). The highest BCUT2D eigenvalue weighted by atomic mass is 35.5. The molecule has 1 saturated carbocycles. The van der Waals surface area contributed by atoms with E-state index in [0.717, 1.165) is 24.2 Å². The zero-order valence-electron chi connectivity index (χ0n) is 13.2. The quantitative estimate of drug-likeness (QED) is 0.758. The molecule has 0 saturated heterocycles. The van der Waals surface area contributed by atoms with Crippen LogP contribution in [0, 0.1) is 5.92 Å². The van der Waals surface area contributed by atoms with Crippen LogP contribution in [-0.2, 0) is 0 Å². The van der Waals surface area contributed by atoms with Gasteiger partial charge in [0, 0.05) is 5.02 Å². The molecule has 0 bridgehead atoms. The molecule has 1 atom stereocenters. The molecule has 126 valence electrons. The van der Waals surface area contributed by atoms with E-state index in [1.807, 2.05) is 24.3 Å². The normalized spacial score (nSPS) is 14.8. The van der Waals surface area contributed by atoms with E-state index >= 15 is 0 Å². The van der Waals surface area contributed by atoms with Crippen molar-refractivity contribution in [3.63, 3.8) is 0 Å². The molecular weight excluding hydrogens is 347 g/mol. The molecule has 1 fully saturated rings. The van der Waals surface area contributed by atoms with E-state index < -0.39 is 0 Å². The first-order chi connectivity index (χ1) is 11.6. The van der Waals surface area contributed by atoms with E-state index in [9.17, 15) is 4.79 Å². The Balaban J connectivity index is 1.69. The fraction of sp³-hybridized carbons (Fsp3) is 0.278. The van der Waals surface area contributed by atoms with Gasteiger partial charge < -0.3 is 15.4 Å². The molecule has 0 spiro atoms. The lowest BCUT2D eigenvalue weighted by atomic mass is 10.0. The number of amides is 2. The molecule has 1 aliphatic carbocycles. The van der Waals surface area contributed by atoms with Crippen LogP contribution >= 0.6 is 23.2 Å². The van der Waals surface area contributed by atoms with E-state index in [0.29, 0.717) is 21.7 Å². The minimum Gasteiger partial charge on any atom is -0.497 e. The van der Waals surface area contributed by atoms with Crippen molar-refractivity contribution in [1.29, 1.82) is 0 Å². The highest BCUT2D eigenvalue weighted by molar-refractivity contribution is 6.36. The van der Waals surface area contributed by atoms with Crippen LogP contribution in [0.5, 0.6) is 5.75 Å². The van der Waals surface area contributed by atoms with Gasteiger partial charge in [-0.1, -0.05) is 35.3 Å². The minimum atomic E-state index is -0.285. The second-order valence-electron chi connectivity index (χ2n) is 5.81. The Morgan fingerprint density at radius 1 is 1.17 bits per heavy atom. The van der Waals surface area contributed by atoms with Crippen LogP contribution in [0.25, 0.3) is 0 Å². The van der Waals surface area contributed by atoms with Crippen LogP contribution < -0.4 is 15.4 Å². The first-order valence-electron chi connectivity index (χ1n) is 7.73. The van der Waals surface area contributed by atoms with Gasteiger partial charge >= 0.3 is 6.03 Å². The maximum atomic E-state index is 12.4. The second kappa shape index (κ2) is 7.32. The number of benzene rings is 2. The Bertz CT molecular complexity index is 730. The van der Waals surface area contributed by atoms with Crippen LogP contribution in [0.1, 0.15) is 24.4 Å². The van der Waals surface area contributed by atoms with Crippen LogP contribution in [0.3, 0.4) is 0 Å². The van der Waals surface area contributed by atoms with E-state index in [-0.39, 0.29) is 12.1 Å². The summed E-state index contributed by atoms with van der Waals surface area (Å²) in [6.07, 6.45) is 2.22. The molecule has 0 aromatic heterocycles. The molecule has 2 aromatic rings. The van der Waals surface area contributed by atoms with E-state index in [2.05, 4.69) is 10.6 Å². The highest BCUT2D eigenvalue weighted by Gasteiger charge is 2.33. The first-order valence-corrected chi connectivity index (χ1v) is 8.49. The number of anilines is 1. The van der Waals surface area contributed by atoms with Crippen LogP contribution in [0.4, 0.5) is 10.5 Å². The van der Waals surface area contributed by atoms with Gasteiger partial charge in [0.05, 0.1) is 23.9 Å². The van der Waals surface area contributed by atoms with Crippen LogP contribution in [0.2, 0.25) is 10.0 Å². The summed E-state index contributed by atoms with van der Waals surface area (Å²) in [5, 5.41) is 6.75. The number of rotatable bonds is 5. The molecule has 2 N–H and O–H groups in total. The number of urea groups is 1. The smallest absolute Gasteiger partial charge is 0.319 e. The molecule has 24 heavy (non-hydrogen) atoms. The van der Waals surface area contributed by atoms with E-state index in [1.54, 1.807) is 25.3 Å². The molecule has 4 nitrogen and oxygen atoms in total. The van der Waals surface area contributed by atoms with Crippen molar-refractivity contribution in [2.75, 3.05) is 12.4 Å². The molecule has 1 aliphatic rings. The maximum absolute atomic E-state index is 12.4. The second-order valence-corrected chi connectivity index (χ2v) is 6.65. The summed E-state index contributed by atoms with van der Waals surface area (Å²) in [7, 11) is 1.63. The number of halogens is 2. The maximum Gasteiger partial charge on any atom is 0.319 e. The number of methoxy groups -OCH3 is 1. The molecule has 2 amide bonds. The zero-order chi connectivity index (χ0) is 17.1. The first kappa shape index (κ1) is 16.9. The van der Waals surface area contributed by atoms with Gasteiger partial charge in [0.25, 0.3) is 0 Å². The van der Waals surface area contributed by atoms with Crippen molar-refractivity contribution < 1.29 is 9.53 Å². The Morgan fingerprint density at radius 3 is 2.46 bits per heavy atom. The van der Waals surface area contributed by atoms with Gasteiger partial charge in [-0.3, -0.25) is 0 Å². The predicted molar refractivity (Wildman–Crippen MR) is 97.1 cm³/mol. The summed E-state index contributed by atoms with van der Waals surface area (Å²) in [6, 6.07) is 12.4. The lowest BCUT2D eigenvalue weighted by Gasteiger charge is -2.20. The monoisotopic (exact) mass is 364 g/mol. The van der Waals surface area contributed by atoms with Gasteiger partial charge in [0.1, 0.15) is 5.75 Å². The summed E-state index contributed by atoms with van der Waals surface area (Å²) in [5.41, 5.74) is 1.60. The lowest BCUT2D eigenvalue weighted by molar-refractivity contribution is 0.247. The Labute approximate surface area is 151 Å². The van der Waals surface area contributed by atoms with Gasteiger partial charge in [0.15, 0.2) is 0 Å². The van der Waals surface area contributed by atoms with E-state index in [1.165, 1.54) is 0 Å². The SMILES string of the molecule is COc1ccc(C(NC(=O)Nc2ccc(Cl)cc2Cl)C2CC2)cc1. The minimum absolute atomic E-state index is 0.0259. The third-order valence-electron chi connectivity index (χ3n) is 4.03. The third kappa shape index (κ3) is 4.13. The van der Waals surface area contributed by atoms with Crippen molar-refractivity contribution in [3.8, 4) is 5.75 Å². The van der Waals surface area contributed by atoms with Crippen molar-refractivity contribution in [2.45, 2.75) is 18.9 Å². The largest absolute Gasteiger partial charge is 0.497 e. The summed E-state index contributed by atoms with van der Waals surface area (Å²) >= 11 is 12.0. The average Bonchev–Trinajstić information content (AvgIpc) is 3.40. The number of hydrogen-bond donors (Lipinski definition) is 2. The number of ether oxygens (including phenoxy) is 1. The zero-order valence-corrected chi connectivity index (χ0v) is 14.7. The van der Waals surface area contributed by atoms with Crippen LogP contribution in [0.15, 0.2) is 42.5 Å². The standard InChI is InChI=1S/C18H18Cl2N2O2/c1-24-14-7-4-12(5-8-14)17(11-2-3-11)22-18(23)21-16-9-6-13(19)10-15(16)20/h4-11,17H,2-3H2,1H3,(H2,21,22,23). The molecular formula is C18H18Cl2N2O2. The summed E-state index contributed by atoms with van der Waals surface area (Å²) < 4.78 is 5.18. The topological polar surface area (TPSA) is 50.4 Å². The number of hydrogen-bond acceptors (Lipinski definition) is 2. The van der Waals surface area contributed by atoms with Gasteiger partial charge in [-0.2, -0.15) is 0 Å². The van der Waals surface area contributed by atoms with Crippen molar-refractivity contribution in [3.05, 3.63) is 58.1 Å². The van der Waals surface area contributed by atoms with Gasteiger partial charge in [-0.25, -0.2) is 4.79 Å². The van der Waals surface area contributed by atoms with Gasteiger partial charge in [-0.15, -0.1) is 0 Å². The van der Waals surface area contributed by atoms with Crippen molar-refractivity contribution in [2.24, 2.45) is 5.92 Å². The fourth-order valence-electron chi connectivity index (χ4n) is 2.60. The third-order valence-corrected chi connectivity index (χ3v) is 4.58. The highest BCUT2D eigenvalue weighted by Crippen LogP contribution is 2.41. The molecule has 0 aliphatic heterocycles. The molecule has 1 unspecified atom stereocenters.